The molecule has 2 heterocycles. The van der Waals surface area contributed by atoms with E-state index < -0.39 is 0 Å². The van der Waals surface area contributed by atoms with Gasteiger partial charge in [0.15, 0.2) is 6.61 Å². The molecular formula is C20H25NO5. The lowest BCUT2D eigenvalue weighted by molar-refractivity contribution is -0.138. The number of benzene rings is 1. The van der Waals surface area contributed by atoms with E-state index in [0.29, 0.717) is 32.1 Å². The van der Waals surface area contributed by atoms with Gasteiger partial charge in [-0.2, -0.15) is 0 Å². The van der Waals surface area contributed by atoms with E-state index in [1.807, 2.05) is 48.2 Å². The Morgan fingerprint density at radius 2 is 1.81 bits per heavy atom. The van der Waals surface area contributed by atoms with Gasteiger partial charge in [0.25, 0.3) is 5.91 Å². The minimum absolute atomic E-state index is 0.00789. The molecule has 1 aromatic heterocycles. The highest BCUT2D eigenvalue weighted by molar-refractivity contribution is 5.78. The smallest absolute Gasteiger partial charge is 0.261 e. The Balaban J connectivity index is 1.60. The highest BCUT2D eigenvalue weighted by Crippen LogP contribution is 2.20. The molecule has 6 nitrogen and oxygen atoms in total. The first-order valence-corrected chi connectivity index (χ1v) is 9.01. The molecule has 1 aliphatic rings. The van der Waals surface area contributed by atoms with Crippen molar-refractivity contribution in [3.8, 4) is 11.5 Å². The van der Waals surface area contributed by atoms with Gasteiger partial charge in [-0.25, -0.2) is 0 Å². The van der Waals surface area contributed by atoms with Crippen LogP contribution in [0.3, 0.4) is 0 Å². The number of carbonyl (C=O) groups excluding carboxylic acids is 1. The molecule has 140 valence electrons. The highest BCUT2D eigenvalue weighted by Gasteiger charge is 2.27. The van der Waals surface area contributed by atoms with Crippen molar-refractivity contribution in [3.63, 3.8) is 0 Å². The molecule has 0 spiro atoms. The summed E-state index contributed by atoms with van der Waals surface area (Å²) in [6.45, 7) is 4.34. The number of ether oxygens (including phenoxy) is 3. The van der Waals surface area contributed by atoms with Gasteiger partial charge in [0.1, 0.15) is 17.3 Å². The molecule has 0 aliphatic carbocycles. The van der Waals surface area contributed by atoms with Crippen LogP contribution in [0.15, 0.2) is 47.1 Å². The molecule has 0 unspecified atom stereocenters. The second kappa shape index (κ2) is 9.29. The standard InChI is InChI=1S/C20H25NO5/c1-2-24-17-5-7-18(8-6-17)26-15-20(22)21(14-19-4-3-11-25-19)16-9-12-23-13-10-16/h3-8,11,16H,2,9-10,12-15H2,1H3. The number of hydrogen-bond donors (Lipinski definition) is 0. The molecule has 0 N–H and O–H groups in total. The second-order valence-electron chi connectivity index (χ2n) is 6.14. The average Bonchev–Trinajstić information content (AvgIpc) is 3.19. The van der Waals surface area contributed by atoms with Crippen LogP contribution in [0.2, 0.25) is 0 Å². The molecule has 1 aliphatic heterocycles. The van der Waals surface area contributed by atoms with Crippen LogP contribution in [0, 0.1) is 0 Å². The Bertz CT molecular complexity index is 662. The number of nitrogens with zero attached hydrogens (tertiary/aromatic N) is 1. The van der Waals surface area contributed by atoms with Gasteiger partial charge in [-0.3, -0.25) is 4.79 Å². The second-order valence-corrected chi connectivity index (χ2v) is 6.14. The maximum Gasteiger partial charge on any atom is 0.261 e. The number of rotatable bonds is 8. The molecule has 2 aromatic rings. The predicted octanol–water partition coefficient (Wildman–Crippen LogP) is 3.26. The van der Waals surface area contributed by atoms with Gasteiger partial charge >= 0.3 is 0 Å². The largest absolute Gasteiger partial charge is 0.494 e. The van der Waals surface area contributed by atoms with Crippen LogP contribution in [0.25, 0.3) is 0 Å². The van der Waals surface area contributed by atoms with Gasteiger partial charge in [-0.1, -0.05) is 0 Å². The average molecular weight is 359 g/mol. The summed E-state index contributed by atoms with van der Waals surface area (Å²) in [5, 5.41) is 0. The maximum absolute atomic E-state index is 12.8. The van der Waals surface area contributed by atoms with Crippen molar-refractivity contribution in [2.24, 2.45) is 0 Å². The van der Waals surface area contributed by atoms with E-state index in [1.54, 1.807) is 6.26 Å². The summed E-state index contributed by atoms with van der Waals surface area (Å²) in [6.07, 6.45) is 3.28. The van der Waals surface area contributed by atoms with Crippen LogP contribution in [-0.2, 0) is 16.1 Å². The molecule has 1 aromatic carbocycles. The van der Waals surface area contributed by atoms with Gasteiger partial charge in [-0.05, 0) is 56.2 Å². The lowest BCUT2D eigenvalue weighted by Gasteiger charge is -2.33. The van der Waals surface area contributed by atoms with Crippen LogP contribution in [0.1, 0.15) is 25.5 Å². The van der Waals surface area contributed by atoms with E-state index in [1.165, 1.54) is 0 Å². The fraction of sp³-hybridized carbons (Fsp3) is 0.450. The van der Waals surface area contributed by atoms with Crippen LogP contribution >= 0.6 is 0 Å². The molecule has 1 fully saturated rings. The molecule has 1 saturated heterocycles. The fourth-order valence-corrected chi connectivity index (χ4v) is 3.01. The van der Waals surface area contributed by atoms with Gasteiger partial charge in [0, 0.05) is 19.3 Å². The number of amides is 1. The van der Waals surface area contributed by atoms with Crippen molar-refractivity contribution in [1.82, 2.24) is 4.90 Å². The van der Waals surface area contributed by atoms with Crippen molar-refractivity contribution in [2.75, 3.05) is 26.4 Å². The molecule has 0 radical (unpaired) electrons. The third kappa shape index (κ3) is 5.02. The quantitative estimate of drug-likeness (QED) is 0.724. The Kier molecular flexibility index (Phi) is 6.55. The summed E-state index contributed by atoms with van der Waals surface area (Å²) in [5.74, 6) is 2.15. The van der Waals surface area contributed by atoms with E-state index in [4.69, 9.17) is 18.6 Å². The topological polar surface area (TPSA) is 61.1 Å². The Labute approximate surface area is 153 Å². The molecule has 3 rings (SSSR count). The van der Waals surface area contributed by atoms with E-state index >= 15 is 0 Å². The Morgan fingerprint density at radius 3 is 2.42 bits per heavy atom. The van der Waals surface area contributed by atoms with Gasteiger partial charge in [0.05, 0.1) is 19.4 Å². The monoisotopic (exact) mass is 359 g/mol. The van der Waals surface area contributed by atoms with Crippen LogP contribution in [-0.4, -0.2) is 43.3 Å². The van der Waals surface area contributed by atoms with E-state index in [0.717, 1.165) is 24.4 Å². The molecule has 0 bridgehead atoms. The molecule has 1 amide bonds. The molecular weight excluding hydrogens is 334 g/mol. The van der Waals surface area contributed by atoms with E-state index in [9.17, 15) is 4.79 Å². The highest BCUT2D eigenvalue weighted by atomic mass is 16.5. The minimum Gasteiger partial charge on any atom is -0.494 e. The number of furan rings is 1. The molecule has 0 saturated carbocycles. The SMILES string of the molecule is CCOc1ccc(OCC(=O)N(Cc2ccco2)C2CCOCC2)cc1. The van der Waals surface area contributed by atoms with E-state index in [-0.39, 0.29) is 18.6 Å². The van der Waals surface area contributed by atoms with Gasteiger partial charge in [-0.15, -0.1) is 0 Å². The summed E-state index contributed by atoms with van der Waals surface area (Å²) < 4.78 is 21.9. The van der Waals surface area contributed by atoms with Crippen molar-refractivity contribution in [2.45, 2.75) is 32.4 Å². The van der Waals surface area contributed by atoms with Gasteiger partial charge in [0.2, 0.25) is 0 Å². The first-order chi connectivity index (χ1) is 12.8. The lowest BCUT2D eigenvalue weighted by Crippen LogP contribution is -2.44. The van der Waals surface area contributed by atoms with Crippen LogP contribution < -0.4 is 9.47 Å². The first kappa shape index (κ1) is 18.3. The zero-order chi connectivity index (χ0) is 18.2. The van der Waals surface area contributed by atoms with E-state index in [2.05, 4.69) is 0 Å². The summed E-state index contributed by atoms with van der Waals surface area (Å²) in [4.78, 5) is 14.6. The predicted molar refractivity (Wildman–Crippen MR) is 96.2 cm³/mol. The van der Waals surface area contributed by atoms with Crippen molar-refractivity contribution < 1.29 is 23.4 Å². The van der Waals surface area contributed by atoms with Crippen LogP contribution in [0.4, 0.5) is 0 Å². The lowest BCUT2D eigenvalue weighted by atomic mass is 10.1. The minimum atomic E-state index is -0.0535. The summed E-state index contributed by atoms with van der Waals surface area (Å²) in [6, 6.07) is 11.1. The summed E-state index contributed by atoms with van der Waals surface area (Å²) in [7, 11) is 0. The third-order valence-electron chi connectivity index (χ3n) is 4.36. The molecule has 26 heavy (non-hydrogen) atoms. The number of carbonyl (C=O) groups is 1. The van der Waals surface area contributed by atoms with Crippen molar-refractivity contribution in [1.29, 1.82) is 0 Å². The summed E-state index contributed by atoms with van der Waals surface area (Å²) >= 11 is 0. The Morgan fingerprint density at radius 1 is 1.12 bits per heavy atom. The third-order valence-corrected chi connectivity index (χ3v) is 4.36. The van der Waals surface area contributed by atoms with Crippen molar-refractivity contribution in [3.05, 3.63) is 48.4 Å². The first-order valence-electron chi connectivity index (χ1n) is 9.01. The maximum atomic E-state index is 12.8. The normalized spacial score (nSPS) is 14.8. The molecule has 0 atom stereocenters. The fourth-order valence-electron chi connectivity index (χ4n) is 3.01. The van der Waals surface area contributed by atoms with Crippen molar-refractivity contribution >= 4 is 5.91 Å². The van der Waals surface area contributed by atoms with Crippen LogP contribution in [0.5, 0.6) is 11.5 Å². The van der Waals surface area contributed by atoms with Gasteiger partial charge < -0.3 is 23.5 Å². The Hall–Kier alpha value is -2.47. The molecule has 6 heteroatoms. The zero-order valence-corrected chi connectivity index (χ0v) is 15.1. The zero-order valence-electron chi connectivity index (χ0n) is 15.1. The number of hydrogen-bond acceptors (Lipinski definition) is 5. The summed E-state index contributed by atoms with van der Waals surface area (Å²) in [5.41, 5.74) is 0.